The summed E-state index contributed by atoms with van der Waals surface area (Å²) in [6.07, 6.45) is 12.0. The smallest absolute Gasteiger partial charge is 0.191 e. The van der Waals surface area contributed by atoms with Crippen molar-refractivity contribution in [2.45, 2.75) is 57.8 Å². The Balaban J connectivity index is 1.58. The van der Waals surface area contributed by atoms with E-state index in [1.54, 1.807) is 0 Å². The number of benzene rings is 1. The number of hydrogen-bond acceptors (Lipinski definition) is 2. The van der Waals surface area contributed by atoms with E-state index in [4.69, 9.17) is 17.3 Å². The van der Waals surface area contributed by atoms with Gasteiger partial charge in [-0.05, 0) is 62.4 Å². The van der Waals surface area contributed by atoms with Crippen molar-refractivity contribution in [3.8, 4) is 0 Å². The van der Waals surface area contributed by atoms with Crippen molar-refractivity contribution in [2.75, 3.05) is 5.32 Å². The lowest BCUT2D eigenvalue weighted by atomic mass is 9.72. The number of rotatable bonds is 3. The molecule has 0 heterocycles. The third-order valence-electron chi connectivity index (χ3n) is 5.18. The SMILES string of the molecule is S=C(N/N=C1/CCCC[C@@H]1C1CCCCC1)Nc1ccccc1. The van der Waals surface area contributed by atoms with Crippen molar-refractivity contribution in [3.05, 3.63) is 30.3 Å². The van der Waals surface area contributed by atoms with Crippen LogP contribution >= 0.6 is 12.2 Å². The molecule has 1 aromatic rings. The third kappa shape index (κ3) is 4.77. The van der Waals surface area contributed by atoms with E-state index >= 15 is 0 Å². The summed E-state index contributed by atoms with van der Waals surface area (Å²) in [7, 11) is 0. The molecule has 4 heteroatoms. The van der Waals surface area contributed by atoms with Crippen molar-refractivity contribution in [1.82, 2.24) is 5.43 Å². The molecular formula is C19H27N3S. The zero-order valence-corrected chi connectivity index (χ0v) is 14.6. The molecule has 2 fully saturated rings. The zero-order valence-electron chi connectivity index (χ0n) is 13.8. The van der Waals surface area contributed by atoms with Gasteiger partial charge in [0, 0.05) is 17.3 Å². The van der Waals surface area contributed by atoms with Gasteiger partial charge < -0.3 is 5.32 Å². The molecule has 2 aliphatic carbocycles. The molecule has 0 bridgehead atoms. The van der Waals surface area contributed by atoms with Gasteiger partial charge in [0.25, 0.3) is 0 Å². The largest absolute Gasteiger partial charge is 0.331 e. The minimum atomic E-state index is 0.580. The molecule has 0 saturated heterocycles. The quantitative estimate of drug-likeness (QED) is 0.598. The van der Waals surface area contributed by atoms with Crippen LogP contribution in [0.1, 0.15) is 57.8 Å². The van der Waals surface area contributed by atoms with Gasteiger partial charge in [0.15, 0.2) is 5.11 Å². The van der Waals surface area contributed by atoms with Gasteiger partial charge in [-0.2, -0.15) is 5.10 Å². The normalized spacial score (nSPS) is 24.3. The van der Waals surface area contributed by atoms with Crippen LogP contribution in [0, 0.1) is 11.8 Å². The molecule has 3 nitrogen and oxygen atoms in total. The van der Waals surface area contributed by atoms with Crippen LogP contribution in [0.5, 0.6) is 0 Å². The fourth-order valence-corrected chi connectivity index (χ4v) is 4.17. The van der Waals surface area contributed by atoms with E-state index in [-0.39, 0.29) is 0 Å². The maximum absolute atomic E-state index is 5.37. The molecule has 0 spiro atoms. The Morgan fingerprint density at radius 1 is 0.957 bits per heavy atom. The van der Waals surface area contributed by atoms with E-state index in [0.717, 1.165) is 18.0 Å². The summed E-state index contributed by atoms with van der Waals surface area (Å²) in [6.45, 7) is 0. The molecule has 0 aromatic heterocycles. The second-order valence-corrected chi connectivity index (χ2v) is 7.19. The Kier molecular flexibility index (Phi) is 6.03. The number of hydrogen-bond donors (Lipinski definition) is 2. The average molecular weight is 330 g/mol. The highest BCUT2D eigenvalue weighted by Gasteiger charge is 2.29. The standard InChI is InChI=1S/C19H27N3S/c23-19(20-16-11-5-2-6-12-16)22-21-18-14-8-7-13-17(18)15-9-3-1-4-10-15/h2,5-6,11-12,15,17H,1,3-4,7-10,13-14H2,(H2,20,22,23)/b21-18-/t17-/m1/s1. The fraction of sp³-hybridized carbons (Fsp3) is 0.579. The molecule has 0 amide bonds. The molecule has 0 aliphatic heterocycles. The van der Waals surface area contributed by atoms with E-state index in [2.05, 4.69) is 10.7 Å². The number of anilines is 1. The Labute approximate surface area is 144 Å². The lowest BCUT2D eigenvalue weighted by Crippen LogP contribution is -2.32. The van der Waals surface area contributed by atoms with E-state index in [9.17, 15) is 0 Å². The van der Waals surface area contributed by atoms with E-state index in [1.807, 2.05) is 30.3 Å². The number of thiocarbonyl (C=S) groups is 1. The molecule has 3 rings (SSSR count). The zero-order chi connectivity index (χ0) is 15.9. The number of nitrogens with one attached hydrogen (secondary N) is 2. The molecule has 124 valence electrons. The molecule has 1 aromatic carbocycles. The highest BCUT2D eigenvalue weighted by molar-refractivity contribution is 7.80. The maximum Gasteiger partial charge on any atom is 0.191 e. The van der Waals surface area contributed by atoms with Gasteiger partial charge in [-0.15, -0.1) is 0 Å². The molecule has 23 heavy (non-hydrogen) atoms. The molecular weight excluding hydrogens is 302 g/mol. The summed E-state index contributed by atoms with van der Waals surface area (Å²) in [5.41, 5.74) is 5.42. The first-order valence-electron chi connectivity index (χ1n) is 9.01. The van der Waals surface area contributed by atoms with Crippen molar-refractivity contribution < 1.29 is 0 Å². The second-order valence-electron chi connectivity index (χ2n) is 6.79. The average Bonchev–Trinajstić information content (AvgIpc) is 2.62. The first-order valence-corrected chi connectivity index (χ1v) is 9.42. The van der Waals surface area contributed by atoms with Crippen LogP contribution in [0.25, 0.3) is 0 Å². The predicted molar refractivity (Wildman–Crippen MR) is 102 cm³/mol. The van der Waals surface area contributed by atoms with Crippen LogP contribution in [0.3, 0.4) is 0 Å². The molecule has 2 saturated carbocycles. The van der Waals surface area contributed by atoms with Gasteiger partial charge in [0.1, 0.15) is 0 Å². The van der Waals surface area contributed by atoms with Gasteiger partial charge in [-0.1, -0.05) is 43.9 Å². The number of para-hydroxylation sites is 1. The monoisotopic (exact) mass is 329 g/mol. The summed E-state index contributed by atoms with van der Waals surface area (Å²) < 4.78 is 0. The number of nitrogens with zero attached hydrogens (tertiary/aromatic N) is 1. The highest BCUT2D eigenvalue weighted by Crippen LogP contribution is 2.36. The Hall–Kier alpha value is -1.42. The van der Waals surface area contributed by atoms with E-state index in [0.29, 0.717) is 11.0 Å². The highest BCUT2D eigenvalue weighted by atomic mass is 32.1. The van der Waals surface area contributed by atoms with Crippen molar-refractivity contribution in [1.29, 1.82) is 0 Å². The predicted octanol–water partition coefficient (Wildman–Crippen LogP) is 5.10. The summed E-state index contributed by atoms with van der Waals surface area (Å²) in [6, 6.07) is 10.0. The Bertz CT molecular complexity index is 535. The van der Waals surface area contributed by atoms with Crippen LogP contribution in [-0.2, 0) is 0 Å². The lowest BCUT2D eigenvalue weighted by Gasteiger charge is -2.34. The van der Waals surface area contributed by atoms with Crippen LogP contribution in [0.4, 0.5) is 5.69 Å². The van der Waals surface area contributed by atoms with Crippen LogP contribution in [-0.4, -0.2) is 10.8 Å². The van der Waals surface area contributed by atoms with Crippen LogP contribution < -0.4 is 10.7 Å². The summed E-state index contributed by atoms with van der Waals surface area (Å²) >= 11 is 5.37. The molecule has 0 radical (unpaired) electrons. The molecule has 0 unspecified atom stereocenters. The minimum absolute atomic E-state index is 0.580. The van der Waals surface area contributed by atoms with Crippen molar-refractivity contribution in [2.24, 2.45) is 16.9 Å². The summed E-state index contributed by atoms with van der Waals surface area (Å²) in [5, 5.41) is 8.47. The Morgan fingerprint density at radius 2 is 1.70 bits per heavy atom. The lowest BCUT2D eigenvalue weighted by molar-refractivity contribution is 0.274. The van der Waals surface area contributed by atoms with Crippen LogP contribution in [0.15, 0.2) is 35.4 Å². The van der Waals surface area contributed by atoms with Crippen molar-refractivity contribution >= 4 is 28.7 Å². The minimum Gasteiger partial charge on any atom is -0.331 e. The first kappa shape index (κ1) is 16.4. The first-order chi connectivity index (χ1) is 11.3. The molecule has 2 aliphatic rings. The fourth-order valence-electron chi connectivity index (χ4n) is 4.01. The topological polar surface area (TPSA) is 36.4 Å². The molecule has 1 atom stereocenters. The van der Waals surface area contributed by atoms with E-state index < -0.39 is 0 Å². The van der Waals surface area contributed by atoms with Gasteiger partial charge in [-0.25, -0.2) is 0 Å². The summed E-state index contributed by atoms with van der Waals surface area (Å²) in [4.78, 5) is 0. The number of hydrazone groups is 1. The van der Waals surface area contributed by atoms with Gasteiger partial charge >= 0.3 is 0 Å². The van der Waals surface area contributed by atoms with Gasteiger partial charge in [-0.3, -0.25) is 5.43 Å². The summed E-state index contributed by atoms with van der Waals surface area (Å²) in [5.74, 6) is 1.52. The molecule has 2 N–H and O–H groups in total. The third-order valence-corrected chi connectivity index (χ3v) is 5.37. The Morgan fingerprint density at radius 3 is 2.48 bits per heavy atom. The van der Waals surface area contributed by atoms with Gasteiger partial charge in [0.2, 0.25) is 0 Å². The second kappa shape index (κ2) is 8.44. The van der Waals surface area contributed by atoms with Crippen molar-refractivity contribution in [3.63, 3.8) is 0 Å². The van der Waals surface area contributed by atoms with Crippen LogP contribution in [0.2, 0.25) is 0 Å². The van der Waals surface area contributed by atoms with Gasteiger partial charge in [0.05, 0.1) is 0 Å². The van der Waals surface area contributed by atoms with E-state index in [1.165, 1.54) is 57.1 Å². The maximum atomic E-state index is 5.37.